The third kappa shape index (κ3) is 4.27. The molecular weight excluding hydrogens is 360 g/mol. The topological polar surface area (TPSA) is 76.1 Å². The Morgan fingerprint density at radius 3 is 2.83 bits per heavy atom. The Morgan fingerprint density at radius 1 is 1.26 bits per heavy atom. The molecule has 1 saturated heterocycles. The van der Waals surface area contributed by atoms with Crippen molar-refractivity contribution in [3.63, 3.8) is 0 Å². The van der Waals surface area contributed by atoms with Crippen molar-refractivity contribution >= 4 is 33.3 Å². The number of nitrogens with one attached hydrogen (secondary N) is 2. The molecule has 7 heteroatoms. The van der Waals surface area contributed by atoms with Crippen molar-refractivity contribution < 1.29 is 9.53 Å². The van der Waals surface area contributed by atoms with Crippen LogP contribution in [0.25, 0.3) is 0 Å². The number of halogens is 1. The molecule has 1 atom stereocenters. The van der Waals surface area contributed by atoms with Gasteiger partial charge >= 0.3 is 0 Å². The predicted molar refractivity (Wildman–Crippen MR) is 91.6 cm³/mol. The van der Waals surface area contributed by atoms with Gasteiger partial charge in [0.25, 0.3) is 5.91 Å². The summed E-state index contributed by atoms with van der Waals surface area (Å²) in [5, 5.41) is 14.0. The minimum absolute atomic E-state index is 0.232. The highest BCUT2D eigenvalue weighted by atomic mass is 79.9. The monoisotopic (exact) mass is 376 g/mol. The molecule has 1 fully saturated rings. The van der Waals surface area contributed by atoms with Crippen LogP contribution in [-0.4, -0.2) is 35.4 Å². The number of amides is 1. The smallest absolute Gasteiger partial charge is 0.276 e. The molecule has 0 bridgehead atoms. The normalized spacial score (nSPS) is 17.0. The molecule has 120 valence electrons. The summed E-state index contributed by atoms with van der Waals surface area (Å²) in [5.74, 6) is 0.341. The maximum absolute atomic E-state index is 12.2. The van der Waals surface area contributed by atoms with E-state index in [4.69, 9.17) is 4.74 Å². The molecule has 1 aliphatic heterocycles. The van der Waals surface area contributed by atoms with Gasteiger partial charge in [0, 0.05) is 17.6 Å². The largest absolute Gasteiger partial charge is 0.376 e. The standard InChI is InChI=1S/C16H17BrN4O2/c17-12-5-1-2-6-13(12)19-16(22)14-7-8-15(21-20-14)18-10-11-4-3-9-23-11/h1-2,5-8,11H,3-4,9-10H2,(H,18,21)(H,19,22). The molecule has 0 radical (unpaired) electrons. The fourth-order valence-corrected chi connectivity index (χ4v) is 2.70. The Kier molecular flexibility index (Phi) is 5.19. The van der Waals surface area contributed by atoms with Crippen molar-refractivity contribution in [2.75, 3.05) is 23.8 Å². The van der Waals surface area contributed by atoms with Crippen molar-refractivity contribution in [3.05, 3.63) is 46.6 Å². The zero-order valence-corrected chi connectivity index (χ0v) is 14.0. The zero-order chi connectivity index (χ0) is 16.1. The first-order valence-corrected chi connectivity index (χ1v) is 8.27. The van der Waals surface area contributed by atoms with Crippen LogP contribution in [0.15, 0.2) is 40.9 Å². The SMILES string of the molecule is O=C(Nc1ccccc1Br)c1ccc(NCC2CCCO2)nn1. The molecule has 1 unspecified atom stereocenters. The minimum atomic E-state index is -0.296. The second-order valence-corrected chi connectivity index (χ2v) is 6.11. The molecule has 1 aromatic heterocycles. The highest BCUT2D eigenvalue weighted by molar-refractivity contribution is 9.10. The molecule has 1 amide bonds. The number of benzene rings is 1. The number of anilines is 2. The lowest BCUT2D eigenvalue weighted by Gasteiger charge is -2.11. The van der Waals surface area contributed by atoms with E-state index in [0.29, 0.717) is 18.1 Å². The average molecular weight is 377 g/mol. The van der Waals surface area contributed by atoms with E-state index in [9.17, 15) is 4.79 Å². The van der Waals surface area contributed by atoms with Gasteiger partial charge in [-0.05, 0) is 53.0 Å². The summed E-state index contributed by atoms with van der Waals surface area (Å²) in [5.41, 5.74) is 0.961. The number of para-hydroxylation sites is 1. The summed E-state index contributed by atoms with van der Waals surface area (Å²) in [7, 11) is 0. The van der Waals surface area contributed by atoms with Crippen LogP contribution in [-0.2, 0) is 4.74 Å². The number of hydrogen-bond donors (Lipinski definition) is 2. The van der Waals surface area contributed by atoms with Gasteiger partial charge in [-0.25, -0.2) is 0 Å². The highest BCUT2D eigenvalue weighted by Crippen LogP contribution is 2.21. The Hall–Kier alpha value is -1.99. The van der Waals surface area contributed by atoms with Crippen LogP contribution >= 0.6 is 15.9 Å². The van der Waals surface area contributed by atoms with Crippen molar-refractivity contribution in [2.45, 2.75) is 18.9 Å². The van der Waals surface area contributed by atoms with Crippen LogP contribution in [0.3, 0.4) is 0 Å². The van der Waals surface area contributed by atoms with E-state index in [-0.39, 0.29) is 17.7 Å². The Morgan fingerprint density at radius 2 is 2.13 bits per heavy atom. The lowest BCUT2D eigenvalue weighted by Crippen LogP contribution is -2.20. The van der Waals surface area contributed by atoms with E-state index < -0.39 is 0 Å². The third-order valence-corrected chi connectivity index (χ3v) is 4.25. The second-order valence-electron chi connectivity index (χ2n) is 5.25. The second kappa shape index (κ2) is 7.52. The van der Waals surface area contributed by atoms with Crippen LogP contribution in [0, 0.1) is 0 Å². The summed E-state index contributed by atoms with van der Waals surface area (Å²) in [6, 6.07) is 10.8. The van der Waals surface area contributed by atoms with Crippen LogP contribution < -0.4 is 10.6 Å². The van der Waals surface area contributed by atoms with E-state index in [1.807, 2.05) is 24.3 Å². The van der Waals surface area contributed by atoms with Crippen LogP contribution in [0.2, 0.25) is 0 Å². The lowest BCUT2D eigenvalue weighted by molar-refractivity contribution is 0.102. The summed E-state index contributed by atoms with van der Waals surface area (Å²) < 4.78 is 6.35. The van der Waals surface area contributed by atoms with Gasteiger partial charge in [0.1, 0.15) is 5.82 Å². The van der Waals surface area contributed by atoms with E-state index in [1.165, 1.54) is 0 Å². The Bertz CT molecular complexity index is 672. The predicted octanol–water partition coefficient (Wildman–Crippen LogP) is 3.08. The zero-order valence-electron chi connectivity index (χ0n) is 12.5. The molecule has 2 aromatic rings. The minimum Gasteiger partial charge on any atom is -0.376 e. The first-order valence-electron chi connectivity index (χ1n) is 7.47. The number of hydrogen-bond acceptors (Lipinski definition) is 5. The van der Waals surface area contributed by atoms with Gasteiger partial charge in [-0.2, -0.15) is 0 Å². The van der Waals surface area contributed by atoms with E-state index in [0.717, 1.165) is 23.9 Å². The van der Waals surface area contributed by atoms with Crippen molar-refractivity contribution in [2.24, 2.45) is 0 Å². The number of carbonyl (C=O) groups excluding carboxylic acids is 1. The van der Waals surface area contributed by atoms with Crippen LogP contribution in [0.5, 0.6) is 0 Å². The highest BCUT2D eigenvalue weighted by Gasteiger charge is 2.15. The number of ether oxygens (including phenoxy) is 1. The van der Waals surface area contributed by atoms with Crippen molar-refractivity contribution in [1.82, 2.24) is 10.2 Å². The van der Waals surface area contributed by atoms with Gasteiger partial charge in [-0.15, -0.1) is 10.2 Å². The molecule has 6 nitrogen and oxygen atoms in total. The molecule has 0 saturated carbocycles. The maximum Gasteiger partial charge on any atom is 0.276 e. The van der Waals surface area contributed by atoms with Gasteiger partial charge in [-0.1, -0.05) is 12.1 Å². The molecule has 23 heavy (non-hydrogen) atoms. The Balaban J connectivity index is 1.57. The van der Waals surface area contributed by atoms with Crippen LogP contribution in [0.4, 0.5) is 11.5 Å². The Labute approximate surface area is 142 Å². The molecule has 1 aromatic carbocycles. The first-order chi connectivity index (χ1) is 11.2. The van der Waals surface area contributed by atoms with Gasteiger partial charge < -0.3 is 15.4 Å². The van der Waals surface area contributed by atoms with Gasteiger partial charge in [-0.3, -0.25) is 4.79 Å². The first kappa shape index (κ1) is 15.9. The van der Waals surface area contributed by atoms with Crippen LogP contribution in [0.1, 0.15) is 23.3 Å². The van der Waals surface area contributed by atoms with Gasteiger partial charge in [0.2, 0.25) is 0 Å². The van der Waals surface area contributed by atoms with Crippen molar-refractivity contribution in [1.29, 1.82) is 0 Å². The molecule has 0 aliphatic carbocycles. The molecule has 3 rings (SSSR count). The maximum atomic E-state index is 12.2. The number of nitrogens with zero attached hydrogens (tertiary/aromatic N) is 2. The third-order valence-electron chi connectivity index (χ3n) is 3.55. The molecular formula is C16H17BrN4O2. The molecule has 2 heterocycles. The average Bonchev–Trinajstić information content (AvgIpc) is 3.09. The molecule has 1 aliphatic rings. The van der Waals surface area contributed by atoms with Gasteiger partial charge in [0.05, 0.1) is 11.8 Å². The quantitative estimate of drug-likeness (QED) is 0.838. The van der Waals surface area contributed by atoms with E-state index in [2.05, 4.69) is 36.8 Å². The number of carbonyl (C=O) groups is 1. The summed E-state index contributed by atoms with van der Waals surface area (Å²) in [6.07, 6.45) is 2.40. The van der Waals surface area contributed by atoms with E-state index in [1.54, 1.807) is 12.1 Å². The molecule has 0 spiro atoms. The number of aromatic nitrogens is 2. The summed E-state index contributed by atoms with van der Waals surface area (Å²) in [4.78, 5) is 12.2. The fourth-order valence-electron chi connectivity index (χ4n) is 2.32. The number of rotatable bonds is 5. The van der Waals surface area contributed by atoms with E-state index >= 15 is 0 Å². The lowest BCUT2D eigenvalue weighted by atomic mass is 10.2. The summed E-state index contributed by atoms with van der Waals surface area (Å²) >= 11 is 3.39. The van der Waals surface area contributed by atoms with Crippen molar-refractivity contribution in [3.8, 4) is 0 Å². The summed E-state index contributed by atoms with van der Waals surface area (Å²) in [6.45, 7) is 1.53. The van der Waals surface area contributed by atoms with Gasteiger partial charge in [0.15, 0.2) is 5.69 Å². The molecule has 2 N–H and O–H groups in total. The fraction of sp³-hybridized carbons (Fsp3) is 0.312.